The van der Waals surface area contributed by atoms with Gasteiger partial charge in [-0.1, -0.05) is 115 Å². The maximum absolute atomic E-state index is 16.0. The van der Waals surface area contributed by atoms with E-state index < -0.39 is 232 Å². The van der Waals surface area contributed by atoms with E-state index in [1.165, 1.54) is 72.7 Å². The second-order valence-corrected chi connectivity index (χ2v) is 35.1. The van der Waals surface area contributed by atoms with Crippen LogP contribution in [0.3, 0.4) is 0 Å². The number of fused-ring (bicyclic) bond motifs is 2. The lowest BCUT2D eigenvalue weighted by molar-refractivity contribution is -0.139. The van der Waals surface area contributed by atoms with Gasteiger partial charge < -0.3 is 103 Å². The van der Waals surface area contributed by atoms with Gasteiger partial charge in [0.15, 0.2) is 0 Å². The number of primary amides is 5. The summed E-state index contributed by atoms with van der Waals surface area (Å²) in [5.41, 5.74) is 27.5. The first-order chi connectivity index (χ1) is 56.8. The predicted molar refractivity (Wildman–Crippen MR) is 450 cm³/mol. The van der Waals surface area contributed by atoms with Crippen molar-refractivity contribution >= 4 is 151 Å². The molecule has 0 bridgehead atoms. The highest BCUT2D eigenvalue weighted by Crippen LogP contribution is 2.47. The number of nitrogens with zero attached hydrogens (tertiary/aromatic N) is 1. The van der Waals surface area contributed by atoms with Gasteiger partial charge in [-0.25, -0.2) is 0 Å². The topological polar surface area (TPSA) is 626 Å². The average molecular weight is 1720 g/mol. The molecular weight excluding hydrogens is 1610 g/mol. The van der Waals surface area contributed by atoms with Gasteiger partial charge >= 0.3 is 0 Å². The zero-order valence-electron chi connectivity index (χ0n) is 69.1. The summed E-state index contributed by atoms with van der Waals surface area (Å²) in [5.74, 6) is -19.5. The molecule has 18 amide bonds. The molecule has 1 fully saturated rings. The molecule has 4 aromatic carbocycles. The number of rotatable bonds is 37. The van der Waals surface area contributed by atoms with E-state index in [1.807, 2.05) is 6.07 Å². The van der Waals surface area contributed by atoms with Gasteiger partial charge in [-0.2, -0.15) is 0 Å². The summed E-state index contributed by atoms with van der Waals surface area (Å²) in [5, 5.41) is 45.9. The highest BCUT2D eigenvalue weighted by atomic mass is 33.1. The van der Waals surface area contributed by atoms with Crippen molar-refractivity contribution in [2.45, 2.75) is 240 Å². The Morgan fingerprint density at radius 1 is 0.554 bits per heavy atom. The van der Waals surface area contributed by atoms with E-state index in [0.29, 0.717) is 27.8 Å². The molecule has 40 heteroatoms. The molecule has 13 atom stereocenters. The van der Waals surface area contributed by atoms with Crippen LogP contribution in [0.4, 0.5) is 5.69 Å². The van der Waals surface area contributed by atoms with Gasteiger partial charge in [0.2, 0.25) is 106 Å². The monoisotopic (exact) mass is 1720 g/mol. The Kier molecular flexibility index (Phi) is 36.1. The first-order valence-corrected chi connectivity index (χ1v) is 41.5. The SMILES string of the molecule is CCC1NC(=O)[C@H](CC(N)=O)NC(=O)[C@@H](NC(C)=O)C(C)(C)SSC(C)(C)[C@@H](C(=O)N[C@@H](Cc2ccc(O)cc2)C(=O)N[C@@H](Cc2ccc3ccccc3c2)C(=O)N[C@@](C)(CC(C)C)C(=O)N[C@@H](CCCCNC(C)=O)C(=O)N[C@@H](CC(N)=O)C(=O)N[C@@H](CC(N)=O)C(N)=O)NC(=O)[C@H](CCC(N)=O)NC(=O)[C@H](CC2C=Nc3ccccc32)NC1=O. The summed E-state index contributed by atoms with van der Waals surface area (Å²) in [6.07, 6.45) is -3.21. The molecule has 24 N–H and O–H groups in total. The normalized spacial score (nSPS) is 20.4. The smallest absolute Gasteiger partial charge is 0.246 e. The Balaban J connectivity index is 1.48. The highest BCUT2D eigenvalue weighted by Gasteiger charge is 2.47. The number of unbranched alkanes of at least 4 members (excludes halogenated alkanes) is 1. The average Bonchev–Trinajstić information content (AvgIpc) is 1.60. The van der Waals surface area contributed by atoms with Crippen LogP contribution in [0.15, 0.2) is 96.0 Å². The minimum Gasteiger partial charge on any atom is -0.508 e. The molecule has 2 aliphatic heterocycles. The summed E-state index contributed by atoms with van der Waals surface area (Å²) in [6.45, 7) is 14.8. The Hall–Kier alpha value is -12.2. The second kappa shape index (κ2) is 44.7. The Bertz CT molecular complexity index is 4570. The van der Waals surface area contributed by atoms with Crippen molar-refractivity contribution in [3.8, 4) is 5.75 Å². The van der Waals surface area contributed by atoms with Crippen LogP contribution >= 0.6 is 21.6 Å². The lowest BCUT2D eigenvalue weighted by atomic mass is 9.88. The first-order valence-electron chi connectivity index (χ1n) is 39.3. The van der Waals surface area contributed by atoms with Crippen molar-refractivity contribution < 1.29 is 91.4 Å². The van der Waals surface area contributed by atoms with Crippen molar-refractivity contribution in [1.82, 2.24) is 69.1 Å². The fraction of sp³-hybridized carbons (Fsp3) is 0.494. The molecule has 1 saturated heterocycles. The van der Waals surface area contributed by atoms with Gasteiger partial charge in [0.25, 0.3) is 0 Å². The molecule has 2 unspecified atom stereocenters. The Labute approximate surface area is 707 Å². The van der Waals surface area contributed by atoms with Crippen LogP contribution in [0, 0.1) is 5.92 Å². The third-order valence-corrected chi connectivity index (χ3v) is 24.1. The Morgan fingerprint density at radius 2 is 1.09 bits per heavy atom. The molecule has 0 spiro atoms. The van der Waals surface area contributed by atoms with E-state index in [2.05, 4.69) is 74.1 Å². The van der Waals surface area contributed by atoms with E-state index in [1.54, 1.807) is 80.7 Å². The van der Waals surface area contributed by atoms with Crippen LogP contribution in [0.25, 0.3) is 10.8 Å². The molecule has 6 rings (SSSR count). The van der Waals surface area contributed by atoms with Crippen LogP contribution in [0.1, 0.15) is 162 Å². The number of hydrogen-bond donors (Lipinski definition) is 19. The summed E-state index contributed by atoms with van der Waals surface area (Å²) in [7, 11) is 1.76. The third kappa shape index (κ3) is 30.2. The molecule has 38 nitrogen and oxygen atoms in total. The minimum absolute atomic E-state index is 0.111. The first kappa shape index (κ1) is 97.6. The molecule has 0 aliphatic carbocycles. The number of carbonyl (C=O) groups is 18. The number of phenolic OH excluding ortho intramolecular Hbond substituents is 1. The van der Waals surface area contributed by atoms with Crippen molar-refractivity contribution in [1.29, 1.82) is 0 Å². The standard InChI is InChI=1S/C81H111N19O19S2/c1-11-51-68(109)94-58(35-48-40-88-52-21-15-14-20-50(48)52)72(113)91-54(29-30-61(82)104)70(111)99-66(80(8,9)121-120-79(6,7)65(89-43(5)102)76(117)97-60(38-64(85)107)73(114)90-51)77(118)96-56(33-44-24-27-49(103)28-25-44)71(112)93-57(34-45-23-26-46-18-12-13-19-47(46)32-45)75(116)100-81(10,39-41(2)3)78(119)98-53(22-16-17-31-87-42(4)101)69(110)95-59(37-63(84)106)74(115)92-55(67(86)108)36-62(83)105/h12-15,18-21,23-28,32,40-41,48,51,53-60,65-66,103H,11,16-17,22,29-31,33-39H2,1-10H3,(H2,82,104)(H2,83,105)(H2,84,106)(H2,85,107)(H2,86,108)(H,87,101)(H,89,102)(H,90,114)(H,91,113)(H,92,115)(H,93,112)(H,94,109)(H,95,110)(H,96,118)(H,97,117)(H,98,119)(H,99,111)(H,100,116)/t48?,51?,53-,54-,55-,56-,57-,58-,59-,60-,65+,66+,81-/m0/s1. The van der Waals surface area contributed by atoms with Gasteiger partial charge in [-0.3, -0.25) is 91.3 Å². The minimum atomic E-state index is -2.04. The number of aliphatic imine (C=N–C) groups is 1. The summed E-state index contributed by atoms with van der Waals surface area (Å²) >= 11 is 0. The number of amides is 18. The number of phenols is 1. The van der Waals surface area contributed by atoms with Crippen molar-refractivity contribution in [2.24, 2.45) is 39.6 Å². The number of para-hydroxylation sites is 1. The molecule has 0 saturated carbocycles. The van der Waals surface area contributed by atoms with E-state index >= 15 is 28.8 Å². The van der Waals surface area contributed by atoms with E-state index in [0.717, 1.165) is 33.9 Å². The maximum atomic E-state index is 16.0. The Morgan fingerprint density at radius 3 is 1.71 bits per heavy atom. The molecule has 2 heterocycles. The van der Waals surface area contributed by atoms with Crippen LogP contribution in [0.2, 0.25) is 0 Å². The predicted octanol–water partition coefficient (Wildman–Crippen LogP) is -1.46. The number of nitrogens with two attached hydrogens (primary N) is 5. The van der Waals surface area contributed by atoms with Gasteiger partial charge in [-0.05, 0) is 131 Å². The zero-order valence-corrected chi connectivity index (χ0v) is 70.7. The number of nitrogens with one attached hydrogen (secondary N) is 13. The molecule has 0 aromatic heterocycles. The van der Waals surface area contributed by atoms with Gasteiger partial charge in [0, 0.05) is 61.3 Å². The molecule has 2 aliphatic rings. The van der Waals surface area contributed by atoms with E-state index in [-0.39, 0.29) is 63.1 Å². The second-order valence-electron chi connectivity index (χ2n) is 31.6. The molecule has 0 radical (unpaired) electrons. The van der Waals surface area contributed by atoms with Gasteiger partial charge in [0.1, 0.15) is 77.7 Å². The number of carbonyl (C=O) groups excluding carboxylic acids is 18. The lowest BCUT2D eigenvalue weighted by Crippen LogP contribution is -2.65. The molecule has 121 heavy (non-hydrogen) atoms. The molecular formula is C81H111N19O19S2. The van der Waals surface area contributed by atoms with E-state index in [9.17, 15) is 62.6 Å². The summed E-state index contributed by atoms with van der Waals surface area (Å²) in [4.78, 5) is 257. The third-order valence-electron chi connectivity index (χ3n) is 19.9. The molecule has 4 aromatic rings. The lowest BCUT2D eigenvalue weighted by Gasteiger charge is -2.39. The van der Waals surface area contributed by atoms with Crippen LogP contribution in [-0.4, -0.2) is 206 Å². The van der Waals surface area contributed by atoms with Crippen LogP contribution < -0.4 is 97.8 Å². The summed E-state index contributed by atoms with van der Waals surface area (Å²) in [6, 6.07) is 6.00. The van der Waals surface area contributed by atoms with Gasteiger partial charge in [-0.15, -0.1) is 0 Å². The largest absolute Gasteiger partial charge is 0.508 e. The zero-order chi connectivity index (χ0) is 90.0. The van der Waals surface area contributed by atoms with E-state index in [4.69, 9.17) is 28.7 Å². The van der Waals surface area contributed by atoms with Crippen LogP contribution in [-0.2, 0) is 99.1 Å². The van der Waals surface area contributed by atoms with Crippen molar-refractivity contribution in [3.05, 3.63) is 108 Å². The fourth-order valence-corrected chi connectivity index (χ4v) is 16.4. The molecule has 656 valence electrons. The number of benzene rings is 4. The van der Waals surface area contributed by atoms with Crippen molar-refractivity contribution in [3.63, 3.8) is 0 Å². The maximum Gasteiger partial charge on any atom is 0.246 e. The van der Waals surface area contributed by atoms with Crippen molar-refractivity contribution in [2.75, 3.05) is 6.54 Å². The number of aromatic hydroxyl groups is 1. The quantitative estimate of drug-likeness (QED) is 0.0181. The fourth-order valence-electron chi connectivity index (χ4n) is 13.6. The highest BCUT2D eigenvalue weighted by molar-refractivity contribution is 8.77. The van der Waals surface area contributed by atoms with Gasteiger partial charge in [0.05, 0.1) is 24.9 Å². The number of hydrogen-bond acceptors (Lipinski definition) is 22. The van der Waals surface area contributed by atoms with Crippen LogP contribution in [0.5, 0.6) is 5.75 Å². The summed E-state index contributed by atoms with van der Waals surface area (Å²) < 4.78 is -3.23.